The predicted molar refractivity (Wildman–Crippen MR) is 240 cm³/mol. The van der Waals surface area contributed by atoms with Gasteiger partial charge in [0.25, 0.3) is 11.8 Å². The topological polar surface area (TPSA) is 185 Å². The van der Waals surface area contributed by atoms with Crippen LogP contribution in [0.15, 0.2) is 85.2 Å². The van der Waals surface area contributed by atoms with Gasteiger partial charge in [0, 0.05) is 79.9 Å². The van der Waals surface area contributed by atoms with Gasteiger partial charge in [0.15, 0.2) is 0 Å². The van der Waals surface area contributed by atoms with Gasteiger partial charge in [0.2, 0.25) is 17.7 Å². The summed E-state index contributed by atoms with van der Waals surface area (Å²) >= 11 is 0. The number of benzene rings is 3. The number of likely N-dealkylation sites (tertiary alicyclic amines) is 1. The van der Waals surface area contributed by atoms with Crippen LogP contribution in [0.2, 0.25) is 0 Å². The van der Waals surface area contributed by atoms with Gasteiger partial charge in [-0.25, -0.2) is 0 Å². The highest BCUT2D eigenvalue weighted by Crippen LogP contribution is 2.48. The third-order valence-electron chi connectivity index (χ3n) is 13.8. The standard InChI is InChI=1S/C49H56N8O6/c58-29-41-36-20-25-56(28-31-18-21-50-22-19-31)46(36)38-27-33(12-15-39(38)54-41)32-5-2-6-35(26-32)53-43(59)9-1-4-30-10-13-34(14-11-30)51-23-24-52-40-8-3-7-37-45(40)49(63)57(48(37)62)42-16-17-44(60)55-47(42)61/h2-3,5-8,12,15,18-19,21-22,26-27,30,34,36,41-42,46,51-52,54,58H,1,4,9-11,13-14,16-17,20,23-25,28-29H2,(H,53,59)(H,55,60,61)/t30?,34?,36-,41-,42?,46-/m1/s1. The molecule has 3 fully saturated rings. The summed E-state index contributed by atoms with van der Waals surface area (Å²) in [5, 5.41) is 26.2. The number of rotatable bonds is 15. The summed E-state index contributed by atoms with van der Waals surface area (Å²) in [6, 6.07) is 23.5. The third-order valence-corrected chi connectivity index (χ3v) is 13.8. The number of imide groups is 2. The van der Waals surface area contributed by atoms with Crippen LogP contribution in [0.25, 0.3) is 11.1 Å². The second-order valence-corrected chi connectivity index (χ2v) is 17.8. The van der Waals surface area contributed by atoms with Crippen molar-refractivity contribution >= 4 is 46.6 Å². The lowest BCUT2D eigenvalue weighted by Gasteiger charge is -2.39. The lowest BCUT2D eigenvalue weighted by Crippen LogP contribution is -2.54. The molecule has 63 heavy (non-hydrogen) atoms. The molecular weight excluding hydrogens is 797 g/mol. The van der Waals surface area contributed by atoms with Gasteiger partial charge in [0.05, 0.1) is 23.8 Å². The van der Waals surface area contributed by atoms with E-state index in [1.807, 2.05) is 24.5 Å². The van der Waals surface area contributed by atoms with Crippen LogP contribution in [0.3, 0.4) is 0 Å². The van der Waals surface area contributed by atoms with E-state index in [0.29, 0.717) is 43.1 Å². The molecule has 1 unspecified atom stereocenters. The van der Waals surface area contributed by atoms with Crippen LogP contribution in [0.1, 0.15) is 102 Å². The number of carbonyl (C=O) groups excluding carboxylic acids is 5. The number of fused-ring (bicyclic) bond motifs is 4. The molecular formula is C49H56N8O6. The second-order valence-electron chi connectivity index (χ2n) is 17.8. The van der Waals surface area contributed by atoms with Crippen molar-refractivity contribution in [1.29, 1.82) is 0 Å². The molecule has 5 heterocycles. The molecule has 9 rings (SSSR count). The zero-order valence-electron chi connectivity index (χ0n) is 35.5. The fraction of sp³-hybridized carbons (Fsp3) is 0.429. The van der Waals surface area contributed by atoms with Gasteiger partial charge in [0.1, 0.15) is 6.04 Å². The van der Waals surface area contributed by atoms with Gasteiger partial charge >= 0.3 is 0 Å². The number of amides is 5. The highest BCUT2D eigenvalue weighted by Gasteiger charge is 2.46. The van der Waals surface area contributed by atoms with Crippen molar-refractivity contribution in [2.45, 2.75) is 94.9 Å². The monoisotopic (exact) mass is 852 g/mol. The first-order chi connectivity index (χ1) is 30.7. The van der Waals surface area contributed by atoms with Crippen LogP contribution in [-0.4, -0.2) is 93.8 Å². The number of hydrogen-bond donors (Lipinski definition) is 6. The average Bonchev–Trinajstić information content (AvgIpc) is 3.83. The molecule has 1 aliphatic carbocycles. The molecule has 1 saturated carbocycles. The van der Waals surface area contributed by atoms with Crippen LogP contribution >= 0.6 is 0 Å². The minimum absolute atomic E-state index is 0.0135. The number of aliphatic hydroxyl groups excluding tert-OH is 1. The van der Waals surface area contributed by atoms with Crippen LogP contribution < -0.4 is 26.6 Å². The number of piperidine rings is 1. The first-order valence-corrected chi connectivity index (χ1v) is 22.6. The van der Waals surface area contributed by atoms with Crippen molar-refractivity contribution in [2.75, 3.05) is 42.2 Å². The number of aromatic nitrogens is 1. The Morgan fingerprint density at radius 3 is 2.48 bits per heavy atom. The predicted octanol–water partition coefficient (Wildman–Crippen LogP) is 5.87. The number of pyridine rings is 1. The number of hydrogen-bond acceptors (Lipinski definition) is 11. The van der Waals surface area contributed by atoms with Crippen molar-refractivity contribution in [3.05, 3.63) is 107 Å². The van der Waals surface area contributed by atoms with Crippen molar-refractivity contribution < 1.29 is 29.1 Å². The van der Waals surface area contributed by atoms with Gasteiger partial charge in [-0.3, -0.25) is 44.1 Å². The highest BCUT2D eigenvalue weighted by atomic mass is 16.3. The number of nitrogens with one attached hydrogen (secondary N) is 5. The van der Waals surface area contributed by atoms with E-state index in [1.54, 1.807) is 18.2 Å². The molecule has 1 aromatic heterocycles. The van der Waals surface area contributed by atoms with Crippen molar-refractivity contribution in [2.24, 2.45) is 11.8 Å². The quantitative estimate of drug-likeness (QED) is 0.0621. The van der Waals surface area contributed by atoms with E-state index in [4.69, 9.17) is 0 Å². The SMILES string of the molecule is O=C1CCC(N2C(=O)c3cccc(NCCNC4CCC(CCCC(=O)Nc5cccc(-c6ccc7c(c6)[C@H]6[C@H](CCN6Cc6ccncc6)[C@@H](CO)N7)c5)CC4)c3C2=O)C(=O)N1. The van der Waals surface area contributed by atoms with Crippen LogP contribution in [-0.2, 0) is 20.9 Å². The Morgan fingerprint density at radius 2 is 1.67 bits per heavy atom. The summed E-state index contributed by atoms with van der Waals surface area (Å²) in [4.78, 5) is 71.5. The van der Waals surface area contributed by atoms with Crippen LogP contribution in [0.4, 0.5) is 17.1 Å². The Labute approximate surface area is 367 Å². The maximum Gasteiger partial charge on any atom is 0.264 e. The smallest absolute Gasteiger partial charge is 0.264 e. The number of nitrogens with zero attached hydrogens (tertiary/aromatic N) is 3. The lowest BCUT2D eigenvalue weighted by atomic mass is 9.82. The molecule has 4 atom stereocenters. The molecule has 328 valence electrons. The van der Waals surface area contributed by atoms with Crippen molar-refractivity contribution in [3.63, 3.8) is 0 Å². The summed E-state index contributed by atoms with van der Waals surface area (Å²) in [6.07, 6.45) is 11.6. The minimum atomic E-state index is -0.995. The largest absolute Gasteiger partial charge is 0.394 e. The van der Waals surface area contributed by atoms with Gasteiger partial charge < -0.3 is 26.4 Å². The zero-order chi connectivity index (χ0) is 43.5. The van der Waals surface area contributed by atoms with E-state index < -0.39 is 29.7 Å². The minimum Gasteiger partial charge on any atom is -0.394 e. The van der Waals surface area contributed by atoms with Crippen LogP contribution in [0, 0.1) is 11.8 Å². The van der Waals surface area contributed by atoms with E-state index in [1.165, 1.54) is 11.1 Å². The fourth-order valence-electron chi connectivity index (χ4n) is 10.6. The van der Waals surface area contributed by atoms with E-state index in [2.05, 4.69) is 78.9 Å². The van der Waals surface area contributed by atoms with Crippen molar-refractivity contribution in [1.82, 2.24) is 25.4 Å². The molecule has 6 N–H and O–H groups in total. The molecule has 14 nitrogen and oxygen atoms in total. The molecule has 5 amide bonds. The number of aliphatic hydroxyl groups is 1. The molecule has 14 heteroatoms. The summed E-state index contributed by atoms with van der Waals surface area (Å²) in [6.45, 7) is 3.13. The van der Waals surface area contributed by atoms with E-state index in [-0.39, 0.29) is 48.6 Å². The Bertz CT molecular complexity index is 2370. The number of carbonyl (C=O) groups is 5. The summed E-state index contributed by atoms with van der Waals surface area (Å²) in [5.74, 6) is -1.13. The maximum absolute atomic E-state index is 13.4. The normalized spacial score (nSPS) is 24.3. The van der Waals surface area contributed by atoms with Crippen molar-refractivity contribution in [3.8, 4) is 11.1 Å². The highest BCUT2D eigenvalue weighted by molar-refractivity contribution is 6.25. The molecule has 0 radical (unpaired) electrons. The van der Waals surface area contributed by atoms with E-state index in [0.717, 1.165) is 85.4 Å². The molecule has 0 spiro atoms. The molecule has 0 bridgehead atoms. The Balaban J connectivity index is 0.713. The first kappa shape index (κ1) is 42.3. The lowest BCUT2D eigenvalue weighted by molar-refractivity contribution is -0.136. The second kappa shape index (κ2) is 18.8. The average molecular weight is 853 g/mol. The van der Waals surface area contributed by atoms with E-state index >= 15 is 0 Å². The molecule has 4 aromatic rings. The third kappa shape index (κ3) is 9.11. The zero-order valence-corrected chi connectivity index (χ0v) is 35.5. The molecule has 3 aromatic carbocycles. The molecule has 2 saturated heterocycles. The fourth-order valence-corrected chi connectivity index (χ4v) is 10.6. The van der Waals surface area contributed by atoms with Gasteiger partial charge in [-0.1, -0.05) is 24.3 Å². The number of anilines is 3. The summed E-state index contributed by atoms with van der Waals surface area (Å²) < 4.78 is 0. The summed E-state index contributed by atoms with van der Waals surface area (Å²) in [7, 11) is 0. The first-order valence-electron chi connectivity index (χ1n) is 22.6. The van der Waals surface area contributed by atoms with Gasteiger partial charge in [-0.2, -0.15) is 0 Å². The Kier molecular flexibility index (Phi) is 12.6. The van der Waals surface area contributed by atoms with Gasteiger partial charge in [-0.15, -0.1) is 0 Å². The van der Waals surface area contributed by atoms with Crippen LogP contribution in [0.5, 0.6) is 0 Å². The van der Waals surface area contributed by atoms with Gasteiger partial charge in [-0.05, 0) is 135 Å². The Hall–Kier alpha value is -5.96. The Morgan fingerprint density at radius 1 is 0.857 bits per heavy atom. The molecule has 5 aliphatic rings. The molecule has 4 aliphatic heterocycles. The maximum atomic E-state index is 13.4. The van der Waals surface area contributed by atoms with E-state index in [9.17, 15) is 29.1 Å². The summed E-state index contributed by atoms with van der Waals surface area (Å²) in [5.41, 5.74) is 7.56.